The summed E-state index contributed by atoms with van der Waals surface area (Å²) in [7, 11) is -4.00. The third kappa shape index (κ3) is 3.22. The molecule has 6 nitrogen and oxygen atoms in total. The Hall–Kier alpha value is -1.51. The molecule has 1 aliphatic heterocycles. The molecule has 1 heterocycles. The topological polar surface area (TPSA) is 98.5 Å². The zero-order chi connectivity index (χ0) is 15.8. The number of hydrogen-bond donors (Lipinski definition) is 2. The Labute approximate surface area is 122 Å². The van der Waals surface area contributed by atoms with E-state index in [-0.39, 0.29) is 16.6 Å². The summed E-state index contributed by atoms with van der Waals surface area (Å²) in [6.45, 7) is 4.16. The van der Waals surface area contributed by atoms with Gasteiger partial charge in [-0.3, -0.25) is 4.79 Å². The number of carbonyl (C=O) groups is 1. The van der Waals surface area contributed by atoms with E-state index >= 15 is 0 Å². The number of ether oxygens (including phenoxy) is 1. The Morgan fingerprint density at radius 2 is 2.19 bits per heavy atom. The van der Waals surface area contributed by atoms with Crippen LogP contribution < -0.4 is 10.5 Å². The van der Waals surface area contributed by atoms with Crippen LogP contribution in [0.1, 0.15) is 30.6 Å². The highest BCUT2D eigenvalue weighted by Crippen LogP contribution is 2.26. The van der Waals surface area contributed by atoms with Gasteiger partial charge in [0.05, 0.1) is 22.1 Å². The number of primary sulfonamides is 1. The van der Waals surface area contributed by atoms with Crippen LogP contribution in [-0.2, 0) is 14.8 Å². The quantitative estimate of drug-likeness (QED) is 0.860. The summed E-state index contributed by atoms with van der Waals surface area (Å²) < 4.78 is 41.6. The van der Waals surface area contributed by atoms with Gasteiger partial charge in [0.1, 0.15) is 5.82 Å². The Balaban J connectivity index is 2.24. The monoisotopic (exact) mass is 316 g/mol. The third-order valence-corrected chi connectivity index (χ3v) is 4.71. The third-order valence-electron chi connectivity index (χ3n) is 3.80. The highest BCUT2D eigenvalue weighted by Gasteiger charge is 2.38. The predicted octanol–water partition coefficient (Wildman–Crippen LogP) is 0.770. The number of nitrogens with one attached hydrogen (secondary N) is 1. The fourth-order valence-corrected chi connectivity index (χ4v) is 2.71. The van der Waals surface area contributed by atoms with Crippen LogP contribution in [-0.4, -0.2) is 32.6 Å². The second-order valence-corrected chi connectivity index (χ2v) is 6.88. The van der Waals surface area contributed by atoms with Crippen molar-refractivity contribution >= 4 is 15.9 Å². The molecule has 2 unspecified atom stereocenters. The van der Waals surface area contributed by atoms with E-state index in [0.29, 0.717) is 13.0 Å². The summed E-state index contributed by atoms with van der Waals surface area (Å²) in [5, 5.41) is 7.65. The van der Waals surface area contributed by atoms with Crippen molar-refractivity contribution in [3.8, 4) is 0 Å². The molecule has 0 spiro atoms. The SMILES string of the molecule is CC1OCCC1(C)NC(=O)c1ccc(S(N)(=O)=O)cc1F. The average Bonchev–Trinajstić information content (AvgIpc) is 2.67. The molecule has 1 fully saturated rings. The molecule has 0 radical (unpaired) electrons. The maximum atomic E-state index is 13.9. The number of hydrogen-bond acceptors (Lipinski definition) is 4. The van der Waals surface area contributed by atoms with Crippen molar-refractivity contribution in [3.05, 3.63) is 29.6 Å². The molecule has 0 bridgehead atoms. The van der Waals surface area contributed by atoms with E-state index in [1.54, 1.807) is 0 Å². The van der Waals surface area contributed by atoms with E-state index in [0.717, 1.165) is 18.2 Å². The minimum absolute atomic E-state index is 0.187. The fourth-order valence-electron chi connectivity index (χ4n) is 2.18. The molecule has 3 N–H and O–H groups in total. The summed E-state index contributed by atoms with van der Waals surface area (Å²) in [6.07, 6.45) is 0.435. The highest BCUT2D eigenvalue weighted by molar-refractivity contribution is 7.89. The van der Waals surface area contributed by atoms with Crippen LogP contribution in [0.15, 0.2) is 23.1 Å². The number of amides is 1. The van der Waals surface area contributed by atoms with Gasteiger partial charge in [-0.05, 0) is 38.5 Å². The summed E-state index contributed by atoms with van der Waals surface area (Å²) >= 11 is 0. The number of nitrogens with two attached hydrogens (primary N) is 1. The van der Waals surface area contributed by atoms with Crippen molar-refractivity contribution in [1.29, 1.82) is 0 Å². The summed E-state index contributed by atoms with van der Waals surface area (Å²) in [5.74, 6) is -1.55. The summed E-state index contributed by atoms with van der Waals surface area (Å²) in [5.41, 5.74) is -0.815. The lowest BCUT2D eigenvalue weighted by Gasteiger charge is -2.29. The van der Waals surface area contributed by atoms with E-state index in [1.807, 2.05) is 13.8 Å². The van der Waals surface area contributed by atoms with Crippen LogP contribution in [0.5, 0.6) is 0 Å². The summed E-state index contributed by atoms with van der Waals surface area (Å²) in [6, 6.07) is 2.94. The zero-order valence-corrected chi connectivity index (χ0v) is 12.5. The van der Waals surface area contributed by atoms with E-state index in [9.17, 15) is 17.6 Å². The standard InChI is InChI=1S/C13H17FN2O4S/c1-8-13(2,5-6-20-8)16-12(17)10-4-3-9(7-11(10)14)21(15,18)19/h3-4,7-8H,5-6H2,1-2H3,(H,16,17)(H2,15,18,19). The van der Waals surface area contributed by atoms with Gasteiger partial charge in [0.15, 0.2) is 0 Å². The Kier molecular flexibility index (Phi) is 4.05. The Morgan fingerprint density at radius 3 is 2.67 bits per heavy atom. The number of halogens is 1. The molecular formula is C13H17FN2O4S. The van der Waals surface area contributed by atoms with Crippen LogP contribution in [0, 0.1) is 5.82 Å². The van der Waals surface area contributed by atoms with Gasteiger partial charge in [0.2, 0.25) is 10.0 Å². The second kappa shape index (κ2) is 5.36. The lowest BCUT2D eigenvalue weighted by Crippen LogP contribution is -2.50. The number of carbonyl (C=O) groups excluding carboxylic acids is 1. The first kappa shape index (κ1) is 15.9. The number of benzene rings is 1. The van der Waals surface area contributed by atoms with Crippen LogP contribution in [0.2, 0.25) is 0 Å². The van der Waals surface area contributed by atoms with Crippen molar-refractivity contribution in [1.82, 2.24) is 5.32 Å². The second-order valence-electron chi connectivity index (χ2n) is 5.32. The molecule has 1 amide bonds. The molecule has 1 aromatic carbocycles. The number of rotatable bonds is 3. The fraction of sp³-hybridized carbons (Fsp3) is 0.462. The van der Waals surface area contributed by atoms with E-state index in [1.165, 1.54) is 0 Å². The maximum absolute atomic E-state index is 13.9. The molecule has 21 heavy (non-hydrogen) atoms. The van der Waals surface area contributed by atoms with Crippen LogP contribution in [0.25, 0.3) is 0 Å². The first-order valence-electron chi connectivity index (χ1n) is 6.40. The smallest absolute Gasteiger partial charge is 0.254 e. The largest absolute Gasteiger partial charge is 0.376 e. The molecule has 0 aliphatic carbocycles. The Morgan fingerprint density at radius 1 is 1.52 bits per heavy atom. The normalized spacial score (nSPS) is 25.8. The Bertz CT molecular complexity index is 677. The molecule has 1 aliphatic rings. The van der Waals surface area contributed by atoms with Crippen LogP contribution >= 0.6 is 0 Å². The minimum Gasteiger partial charge on any atom is -0.376 e. The molecule has 0 aromatic heterocycles. The average molecular weight is 316 g/mol. The van der Waals surface area contributed by atoms with Crippen molar-refractivity contribution in [2.45, 2.75) is 36.8 Å². The van der Waals surface area contributed by atoms with Gasteiger partial charge in [-0.25, -0.2) is 17.9 Å². The van der Waals surface area contributed by atoms with Crippen molar-refractivity contribution in [2.24, 2.45) is 5.14 Å². The predicted molar refractivity (Wildman–Crippen MR) is 73.7 cm³/mol. The first-order chi connectivity index (χ1) is 9.63. The maximum Gasteiger partial charge on any atom is 0.254 e. The first-order valence-corrected chi connectivity index (χ1v) is 7.94. The number of sulfonamides is 1. The van der Waals surface area contributed by atoms with E-state index in [4.69, 9.17) is 9.88 Å². The molecule has 1 saturated heterocycles. The molecule has 2 rings (SSSR count). The molecular weight excluding hydrogens is 299 g/mol. The van der Waals surface area contributed by atoms with Crippen molar-refractivity contribution in [2.75, 3.05) is 6.61 Å². The van der Waals surface area contributed by atoms with Crippen LogP contribution in [0.3, 0.4) is 0 Å². The molecule has 1 aromatic rings. The molecule has 8 heteroatoms. The van der Waals surface area contributed by atoms with Gasteiger partial charge in [0.25, 0.3) is 5.91 Å². The van der Waals surface area contributed by atoms with Crippen molar-refractivity contribution < 1.29 is 22.3 Å². The highest BCUT2D eigenvalue weighted by atomic mass is 32.2. The molecule has 2 atom stereocenters. The molecule has 0 saturated carbocycles. The van der Waals surface area contributed by atoms with Gasteiger partial charge in [0, 0.05) is 6.61 Å². The van der Waals surface area contributed by atoms with Gasteiger partial charge in [-0.2, -0.15) is 0 Å². The van der Waals surface area contributed by atoms with Gasteiger partial charge < -0.3 is 10.1 Å². The van der Waals surface area contributed by atoms with Gasteiger partial charge in [-0.15, -0.1) is 0 Å². The molecule has 116 valence electrons. The van der Waals surface area contributed by atoms with Gasteiger partial charge >= 0.3 is 0 Å². The summed E-state index contributed by atoms with van der Waals surface area (Å²) in [4.78, 5) is 11.8. The van der Waals surface area contributed by atoms with E-state index < -0.39 is 27.3 Å². The van der Waals surface area contributed by atoms with Crippen LogP contribution in [0.4, 0.5) is 4.39 Å². The zero-order valence-electron chi connectivity index (χ0n) is 11.7. The lowest BCUT2D eigenvalue weighted by atomic mass is 9.94. The minimum atomic E-state index is -4.00. The van der Waals surface area contributed by atoms with Crippen molar-refractivity contribution in [3.63, 3.8) is 0 Å². The van der Waals surface area contributed by atoms with E-state index in [2.05, 4.69) is 5.32 Å². The van der Waals surface area contributed by atoms with Gasteiger partial charge in [-0.1, -0.05) is 0 Å². The lowest BCUT2D eigenvalue weighted by molar-refractivity contribution is 0.0724.